The first-order valence-electron chi connectivity index (χ1n) is 7.95. The van der Waals surface area contributed by atoms with Crippen LogP contribution in [0.15, 0.2) is 53.5 Å². The highest BCUT2D eigenvalue weighted by atomic mass is 15.2. The molecule has 1 aliphatic heterocycles. The van der Waals surface area contributed by atoms with E-state index in [0.717, 1.165) is 38.2 Å². The zero-order chi connectivity index (χ0) is 15.4. The van der Waals surface area contributed by atoms with Crippen molar-refractivity contribution < 1.29 is 0 Å². The first kappa shape index (κ1) is 14.6. The highest BCUT2D eigenvalue weighted by Crippen LogP contribution is 2.19. The summed E-state index contributed by atoms with van der Waals surface area (Å²) in [5, 5.41) is 0. The summed E-state index contributed by atoms with van der Waals surface area (Å²) in [5.74, 6) is 1.21. The molecule has 0 radical (unpaired) electrons. The first-order chi connectivity index (χ1) is 10.8. The largest absolute Gasteiger partial charge is 0.399 e. The second-order valence-corrected chi connectivity index (χ2v) is 5.77. The van der Waals surface area contributed by atoms with Gasteiger partial charge in [0.1, 0.15) is 0 Å². The summed E-state index contributed by atoms with van der Waals surface area (Å²) in [6, 6.07) is 16.8. The second-order valence-electron chi connectivity index (χ2n) is 5.77. The van der Waals surface area contributed by atoms with Crippen molar-refractivity contribution in [1.82, 2.24) is 4.90 Å². The summed E-state index contributed by atoms with van der Waals surface area (Å²) in [6.45, 7) is 4.94. The number of nitrogens with two attached hydrogens (primary N) is 1. The van der Waals surface area contributed by atoms with E-state index in [2.05, 4.69) is 48.2 Å². The molecule has 0 spiro atoms. The summed E-state index contributed by atoms with van der Waals surface area (Å²) >= 11 is 0. The third-order valence-corrected chi connectivity index (χ3v) is 4.24. The van der Waals surface area contributed by atoms with Crippen molar-refractivity contribution >= 4 is 11.5 Å². The number of nitrogens with zero attached hydrogens (tertiary/aromatic N) is 2. The molecule has 0 aliphatic carbocycles. The van der Waals surface area contributed by atoms with Gasteiger partial charge in [-0.25, -0.2) is 0 Å². The lowest BCUT2D eigenvalue weighted by atomic mass is 10.1. The van der Waals surface area contributed by atoms with Crippen molar-refractivity contribution in [3.05, 3.63) is 65.2 Å². The van der Waals surface area contributed by atoms with Gasteiger partial charge in [0.05, 0.1) is 12.4 Å². The van der Waals surface area contributed by atoms with Gasteiger partial charge in [-0.3, -0.25) is 4.99 Å². The van der Waals surface area contributed by atoms with E-state index in [1.807, 2.05) is 12.1 Å². The SMILES string of the molecule is CCC1=NCc2ccccc2CN1CCc1ccc(N)cc1. The molecule has 0 unspecified atom stereocenters. The van der Waals surface area contributed by atoms with Gasteiger partial charge in [-0.2, -0.15) is 0 Å². The topological polar surface area (TPSA) is 41.6 Å². The molecule has 3 rings (SSSR count). The smallest absolute Gasteiger partial charge is 0.0993 e. The van der Waals surface area contributed by atoms with Gasteiger partial charge in [-0.15, -0.1) is 0 Å². The number of nitrogen functional groups attached to an aromatic ring is 1. The van der Waals surface area contributed by atoms with E-state index in [-0.39, 0.29) is 0 Å². The Hall–Kier alpha value is -2.29. The molecule has 0 amide bonds. The van der Waals surface area contributed by atoms with Crippen LogP contribution in [0.3, 0.4) is 0 Å². The number of fused-ring (bicyclic) bond motifs is 1. The summed E-state index contributed by atoms with van der Waals surface area (Å²) in [7, 11) is 0. The average Bonchev–Trinajstić information content (AvgIpc) is 2.73. The average molecular weight is 293 g/mol. The molecular formula is C19H23N3. The van der Waals surface area contributed by atoms with Gasteiger partial charge in [0.15, 0.2) is 0 Å². The molecular weight excluding hydrogens is 270 g/mol. The zero-order valence-electron chi connectivity index (χ0n) is 13.1. The number of benzene rings is 2. The Morgan fingerprint density at radius 2 is 1.77 bits per heavy atom. The Morgan fingerprint density at radius 3 is 2.50 bits per heavy atom. The van der Waals surface area contributed by atoms with Crippen molar-refractivity contribution in [2.45, 2.75) is 32.9 Å². The molecule has 0 aromatic heterocycles. The number of hydrogen-bond donors (Lipinski definition) is 1. The maximum atomic E-state index is 5.75. The molecule has 3 heteroatoms. The van der Waals surface area contributed by atoms with E-state index >= 15 is 0 Å². The Morgan fingerprint density at radius 1 is 1.05 bits per heavy atom. The Labute approximate surface area is 132 Å². The van der Waals surface area contributed by atoms with E-state index in [1.165, 1.54) is 22.5 Å². The fourth-order valence-corrected chi connectivity index (χ4v) is 2.93. The van der Waals surface area contributed by atoms with Crippen LogP contribution in [-0.4, -0.2) is 17.3 Å². The van der Waals surface area contributed by atoms with E-state index in [1.54, 1.807) is 0 Å². The predicted molar refractivity (Wildman–Crippen MR) is 92.8 cm³/mol. The standard InChI is InChI=1S/C19H23N3/c1-2-19-21-13-16-5-3-4-6-17(16)14-22(19)12-11-15-7-9-18(20)10-8-15/h3-10H,2,11-14,20H2,1H3. The minimum Gasteiger partial charge on any atom is -0.399 e. The van der Waals surface area contributed by atoms with E-state index in [0.29, 0.717) is 0 Å². The number of rotatable bonds is 4. The maximum absolute atomic E-state index is 5.75. The van der Waals surface area contributed by atoms with Crippen LogP contribution in [-0.2, 0) is 19.5 Å². The molecule has 22 heavy (non-hydrogen) atoms. The molecule has 2 aromatic carbocycles. The molecule has 2 N–H and O–H groups in total. The Balaban J connectivity index is 1.74. The third-order valence-electron chi connectivity index (χ3n) is 4.24. The molecule has 0 saturated carbocycles. The lowest BCUT2D eigenvalue weighted by Gasteiger charge is -2.25. The minimum atomic E-state index is 0.803. The summed E-state index contributed by atoms with van der Waals surface area (Å²) < 4.78 is 0. The molecule has 3 nitrogen and oxygen atoms in total. The monoisotopic (exact) mass is 293 g/mol. The molecule has 1 aliphatic rings. The highest BCUT2D eigenvalue weighted by molar-refractivity contribution is 5.82. The van der Waals surface area contributed by atoms with E-state index < -0.39 is 0 Å². The van der Waals surface area contributed by atoms with E-state index in [9.17, 15) is 0 Å². The van der Waals surface area contributed by atoms with Crippen molar-refractivity contribution in [2.24, 2.45) is 4.99 Å². The van der Waals surface area contributed by atoms with Gasteiger partial charge < -0.3 is 10.6 Å². The number of amidine groups is 1. The summed E-state index contributed by atoms with van der Waals surface area (Å²) in [6.07, 6.45) is 2.00. The normalized spacial score (nSPS) is 14.2. The number of aliphatic imine (C=N–C) groups is 1. The third kappa shape index (κ3) is 3.30. The van der Waals surface area contributed by atoms with Gasteiger partial charge in [-0.05, 0) is 35.2 Å². The molecule has 2 aromatic rings. The predicted octanol–water partition coefficient (Wildman–Crippen LogP) is 3.64. The number of anilines is 1. The van der Waals surface area contributed by atoms with Crippen molar-refractivity contribution in [3.8, 4) is 0 Å². The molecule has 0 saturated heterocycles. The molecule has 0 bridgehead atoms. The van der Waals surface area contributed by atoms with Crippen LogP contribution >= 0.6 is 0 Å². The van der Waals surface area contributed by atoms with Gasteiger partial charge in [0.25, 0.3) is 0 Å². The first-order valence-corrected chi connectivity index (χ1v) is 7.95. The van der Waals surface area contributed by atoms with Gasteiger partial charge in [-0.1, -0.05) is 43.3 Å². The Bertz CT molecular complexity index is 659. The van der Waals surface area contributed by atoms with Crippen LogP contribution in [0.25, 0.3) is 0 Å². The fraction of sp³-hybridized carbons (Fsp3) is 0.316. The van der Waals surface area contributed by atoms with Crippen LogP contribution in [0, 0.1) is 0 Å². The van der Waals surface area contributed by atoms with Gasteiger partial charge in [0, 0.05) is 25.2 Å². The van der Waals surface area contributed by atoms with Gasteiger partial charge >= 0.3 is 0 Å². The van der Waals surface area contributed by atoms with Crippen LogP contribution in [0.5, 0.6) is 0 Å². The van der Waals surface area contributed by atoms with Crippen LogP contribution in [0.1, 0.15) is 30.0 Å². The van der Waals surface area contributed by atoms with Crippen LogP contribution in [0.4, 0.5) is 5.69 Å². The maximum Gasteiger partial charge on any atom is 0.0993 e. The van der Waals surface area contributed by atoms with E-state index in [4.69, 9.17) is 10.7 Å². The lowest BCUT2D eigenvalue weighted by Crippen LogP contribution is -2.31. The number of hydrogen-bond acceptors (Lipinski definition) is 3. The molecule has 114 valence electrons. The molecule has 1 heterocycles. The fourth-order valence-electron chi connectivity index (χ4n) is 2.93. The second kappa shape index (κ2) is 6.65. The summed E-state index contributed by atoms with van der Waals surface area (Å²) in [4.78, 5) is 7.23. The lowest BCUT2D eigenvalue weighted by molar-refractivity contribution is 0.411. The van der Waals surface area contributed by atoms with Crippen molar-refractivity contribution in [3.63, 3.8) is 0 Å². The van der Waals surface area contributed by atoms with Crippen molar-refractivity contribution in [2.75, 3.05) is 12.3 Å². The highest BCUT2D eigenvalue weighted by Gasteiger charge is 2.16. The van der Waals surface area contributed by atoms with Gasteiger partial charge in [0.2, 0.25) is 0 Å². The molecule has 0 fully saturated rings. The quantitative estimate of drug-likeness (QED) is 0.875. The zero-order valence-corrected chi connectivity index (χ0v) is 13.1. The molecule has 0 atom stereocenters. The van der Waals surface area contributed by atoms with Crippen molar-refractivity contribution in [1.29, 1.82) is 0 Å². The van der Waals surface area contributed by atoms with Crippen LogP contribution in [0.2, 0.25) is 0 Å². The van der Waals surface area contributed by atoms with Crippen LogP contribution < -0.4 is 5.73 Å². The summed E-state index contributed by atoms with van der Waals surface area (Å²) in [5.41, 5.74) is 10.6. The Kier molecular flexibility index (Phi) is 4.42. The minimum absolute atomic E-state index is 0.803.